The van der Waals surface area contributed by atoms with Gasteiger partial charge in [0.15, 0.2) is 0 Å². The summed E-state index contributed by atoms with van der Waals surface area (Å²) in [5.41, 5.74) is 0. The molecule has 0 amide bonds. The van der Waals surface area contributed by atoms with Crippen molar-refractivity contribution < 1.29 is 0 Å². The van der Waals surface area contributed by atoms with Crippen LogP contribution in [0.5, 0.6) is 0 Å². The predicted octanol–water partition coefficient (Wildman–Crippen LogP) is 10.8. The number of rotatable bonds is 10. The third kappa shape index (κ3) is 4.09. The number of aryl methyl sites for hydroxylation is 2. The van der Waals surface area contributed by atoms with Gasteiger partial charge in [-0.25, -0.2) is 0 Å². The lowest BCUT2D eigenvalue weighted by Gasteiger charge is -1.97. The summed E-state index contributed by atoms with van der Waals surface area (Å²) in [5.74, 6) is 0. The fourth-order valence-corrected chi connectivity index (χ4v) is 9.59. The number of thiophene rings is 4. The lowest BCUT2D eigenvalue weighted by atomic mass is 10.1. The Balaban J connectivity index is 1.43. The fourth-order valence-electron chi connectivity index (χ4n) is 4.39. The van der Waals surface area contributed by atoms with Gasteiger partial charge in [-0.05, 0) is 49.9 Å². The van der Waals surface area contributed by atoms with Crippen molar-refractivity contribution in [2.75, 3.05) is 0 Å². The lowest BCUT2D eigenvalue weighted by Crippen LogP contribution is -1.80. The Morgan fingerprint density at radius 3 is 1.40 bits per heavy atom. The minimum Gasteiger partial charge on any atom is -0.139 e. The number of hydrogen-bond donors (Lipinski definition) is 0. The smallest absolute Gasteiger partial charge is 0.0532 e. The number of fused-ring (bicyclic) bond motifs is 6. The maximum absolute atomic E-state index is 2.49. The molecule has 4 heterocycles. The SMILES string of the molecule is CCCCCCc1cc2sc3cc4c(cc3c2s1)sc1cc(CCCCCC)sc14. The standard InChI is InChI=1S/C26H30S4/c1-3-5-7-9-11-17-13-23-25(27-17)19-15-22-20(16-21(19)29-23)26-24(30-22)14-18(28-26)12-10-8-6-4-2/h13-16H,3-12H2,1-2H3. The van der Waals surface area contributed by atoms with Crippen LogP contribution in [-0.2, 0) is 12.8 Å². The first kappa shape index (κ1) is 20.9. The van der Waals surface area contributed by atoms with Crippen molar-refractivity contribution in [3.8, 4) is 0 Å². The zero-order valence-electron chi connectivity index (χ0n) is 18.0. The molecule has 0 N–H and O–H groups in total. The molecule has 0 unspecified atom stereocenters. The quantitative estimate of drug-likeness (QED) is 0.178. The van der Waals surface area contributed by atoms with Crippen LogP contribution < -0.4 is 0 Å². The molecule has 158 valence electrons. The van der Waals surface area contributed by atoms with E-state index in [1.165, 1.54) is 103 Å². The highest BCUT2D eigenvalue weighted by atomic mass is 32.1. The van der Waals surface area contributed by atoms with Gasteiger partial charge in [-0.3, -0.25) is 0 Å². The molecule has 30 heavy (non-hydrogen) atoms. The highest BCUT2D eigenvalue weighted by molar-refractivity contribution is 7.34. The van der Waals surface area contributed by atoms with Crippen LogP contribution in [-0.4, -0.2) is 0 Å². The summed E-state index contributed by atoms with van der Waals surface area (Å²) in [6, 6.07) is 9.91. The van der Waals surface area contributed by atoms with E-state index in [0.29, 0.717) is 0 Å². The molecular weight excluding hydrogens is 441 g/mol. The zero-order valence-corrected chi connectivity index (χ0v) is 21.3. The molecule has 0 bridgehead atoms. The minimum atomic E-state index is 1.26. The normalized spacial score (nSPS) is 12.3. The van der Waals surface area contributed by atoms with Gasteiger partial charge in [-0.1, -0.05) is 52.4 Å². The van der Waals surface area contributed by atoms with Crippen molar-refractivity contribution in [3.63, 3.8) is 0 Å². The molecule has 4 heteroatoms. The maximum Gasteiger partial charge on any atom is 0.0532 e. The van der Waals surface area contributed by atoms with E-state index in [2.05, 4.69) is 38.1 Å². The topological polar surface area (TPSA) is 0 Å². The predicted molar refractivity (Wildman–Crippen MR) is 144 cm³/mol. The van der Waals surface area contributed by atoms with Gasteiger partial charge in [0.25, 0.3) is 0 Å². The summed E-state index contributed by atoms with van der Waals surface area (Å²) in [4.78, 5) is 3.16. The van der Waals surface area contributed by atoms with Gasteiger partial charge >= 0.3 is 0 Å². The van der Waals surface area contributed by atoms with Crippen LogP contribution in [0.25, 0.3) is 39.0 Å². The summed E-state index contributed by atoms with van der Waals surface area (Å²) in [6.07, 6.45) is 13.3. The zero-order chi connectivity index (χ0) is 20.5. The number of unbranched alkanes of at least 4 members (excludes halogenated alkanes) is 6. The molecule has 5 rings (SSSR count). The van der Waals surface area contributed by atoms with Gasteiger partial charge in [-0.15, -0.1) is 45.3 Å². The third-order valence-corrected chi connectivity index (χ3v) is 11.0. The third-order valence-electron chi connectivity index (χ3n) is 6.06. The van der Waals surface area contributed by atoms with E-state index in [-0.39, 0.29) is 0 Å². The van der Waals surface area contributed by atoms with Gasteiger partial charge in [0.05, 0.1) is 9.40 Å². The molecule has 0 saturated carbocycles. The number of benzene rings is 1. The first-order valence-corrected chi connectivity index (χ1v) is 14.8. The van der Waals surface area contributed by atoms with Crippen LogP contribution in [0.2, 0.25) is 0 Å². The van der Waals surface area contributed by atoms with Crippen LogP contribution in [0.4, 0.5) is 0 Å². The van der Waals surface area contributed by atoms with Gasteiger partial charge in [-0.2, -0.15) is 0 Å². The van der Waals surface area contributed by atoms with Crippen molar-refractivity contribution in [3.05, 3.63) is 34.0 Å². The Morgan fingerprint density at radius 2 is 0.967 bits per heavy atom. The molecule has 4 aromatic heterocycles. The number of hydrogen-bond acceptors (Lipinski definition) is 4. The highest BCUT2D eigenvalue weighted by Crippen LogP contribution is 2.46. The largest absolute Gasteiger partial charge is 0.139 e. The van der Waals surface area contributed by atoms with Crippen molar-refractivity contribution >= 4 is 84.3 Å². The maximum atomic E-state index is 2.49. The van der Waals surface area contributed by atoms with Crippen molar-refractivity contribution in [2.45, 2.75) is 78.1 Å². The molecule has 0 spiro atoms. The van der Waals surface area contributed by atoms with E-state index < -0.39 is 0 Å². The molecule has 1 aromatic carbocycles. The van der Waals surface area contributed by atoms with Crippen LogP contribution in [0.15, 0.2) is 24.3 Å². The Morgan fingerprint density at radius 1 is 0.500 bits per heavy atom. The van der Waals surface area contributed by atoms with Crippen molar-refractivity contribution in [2.24, 2.45) is 0 Å². The summed E-state index contributed by atoms with van der Waals surface area (Å²) in [6.45, 7) is 4.58. The Hall–Kier alpha value is -0.940. The Labute approximate surface area is 195 Å². The van der Waals surface area contributed by atoms with E-state index in [4.69, 9.17) is 0 Å². The molecule has 0 nitrogen and oxygen atoms in total. The van der Waals surface area contributed by atoms with Crippen LogP contribution in [0.3, 0.4) is 0 Å². The van der Waals surface area contributed by atoms with Gasteiger partial charge in [0.2, 0.25) is 0 Å². The van der Waals surface area contributed by atoms with Crippen LogP contribution in [0, 0.1) is 0 Å². The average Bonchev–Trinajstić information content (AvgIpc) is 3.46. The molecule has 0 saturated heterocycles. The summed E-state index contributed by atoms with van der Waals surface area (Å²) in [5, 5.41) is 2.97. The second-order valence-corrected chi connectivity index (χ2v) is 12.9. The first-order valence-electron chi connectivity index (χ1n) is 11.6. The second-order valence-electron chi connectivity index (χ2n) is 8.48. The fraction of sp³-hybridized carbons (Fsp3) is 0.462. The molecule has 0 atom stereocenters. The molecule has 0 aliphatic heterocycles. The first-order chi connectivity index (χ1) is 14.8. The lowest BCUT2D eigenvalue weighted by molar-refractivity contribution is 0.670. The van der Waals surface area contributed by atoms with Crippen LogP contribution in [0.1, 0.15) is 75.0 Å². The highest BCUT2D eigenvalue weighted by Gasteiger charge is 2.15. The summed E-state index contributed by atoms with van der Waals surface area (Å²) in [7, 11) is 0. The van der Waals surface area contributed by atoms with Crippen LogP contribution >= 0.6 is 45.3 Å². The van der Waals surface area contributed by atoms with E-state index in [0.717, 1.165) is 0 Å². The van der Waals surface area contributed by atoms with E-state index in [1.54, 1.807) is 9.75 Å². The molecule has 0 aliphatic carbocycles. The van der Waals surface area contributed by atoms with Crippen molar-refractivity contribution in [1.29, 1.82) is 0 Å². The van der Waals surface area contributed by atoms with E-state index >= 15 is 0 Å². The summed E-state index contributed by atoms with van der Waals surface area (Å²) < 4.78 is 8.98. The van der Waals surface area contributed by atoms with E-state index in [1.807, 2.05) is 45.3 Å². The Bertz CT molecular complexity index is 1180. The molecule has 5 aromatic rings. The van der Waals surface area contributed by atoms with Gasteiger partial charge in [0.1, 0.15) is 0 Å². The summed E-state index contributed by atoms with van der Waals surface area (Å²) >= 11 is 8.08. The molecule has 0 radical (unpaired) electrons. The monoisotopic (exact) mass is 470 g/mol. The average molecular weight is 471 g/mol. The minimum absolute atomic E-state index is 1.26. The van der Waals surface area contributed by atoms with Gasteiger partial charge < -0.3 is 0 Å². The second kappa shape index (κ2) is 9.28. The molecular formula is C26H30S4. The molecule has 0 fully saturated rings. The van der Waals surface area contributed by atoms with Gasteiger partial charge in [0, 0.05) is 39.3 Å². The van der Waals surface area contributed by atoms with E-state index in [9.17, 15) is 0 Å². The van der Waals surface area contributed by atoms with Crippen molar-refractivity contribution in [1.82, 2.24) is 0 Å². The molecule has 0 aliphatic rings. The Kier molecular flexibility index (Phi) is 6.47.